The van der Waals surface area contributed by atoms with Crippen LogP contribution in [-0.4, -0.2) is 36.8 Å². The second-order valence-electron chi connectivity index (χ2n) is 5.40. The van der Waals surface area contributed by atoms with E-state index in [0.717, 1.165) is 17.4 Å². The highest BCUT2D eigenvalue weighted by molar-refractivity contribution is 7.17. The van der Waals surface area contributed by atoms with Crippen LogP contribution in [0, 0.1) is 6.92 Å². The molecule has 0 radical (unpaired) electrons. The Morgan fingerprint density at radius 2 is 1.91 bits per heavy atom. The molecule has 0 saturated carbocycles. The SMILES string of the molecule is Cc1nc(N(C)Cc2ccccc2)sc1C(=O)C=CN(C)C. The Morgan fingerprint density at radius 1 is 1.23 bits per heavy atom. The van der Waals surface area contributed by atoms with E-state index in [1.165, 1.54) is 16.9 Å². The van der Waals surface area contributed by atoms with Gasteiger partial charge in [-0.3, -0.25) is 4.79 Å². The van der Waals surface area contributed by atoms with Crippen LogP contribution in [0.3, 0.4) is 0 Å². The van der Waals surface area contributed by atoms with E-state index in [2.05, 4.69) is 22.0 Å². The number of hydrogen-bond acceptors (Lipinski definition) is 5. The number of carbonyl (C=O) groups excluding carboxylic acids is 1. The largest absolute Gasteiger partial charge is 0.383 e. The van der Waals surface area contributed by atoms with Gasteiger partial charge in [0, 0.05) is 40.0 Å². The molecule has 0 saturated heterocycles. The molecule has 1 aromatic heterocycles. The van der Waals surface area contributed by atoms with E-state index in [-0.39, 0.29) is 5.78 Å². The lowest BCUT2D eigenvalue weighted by Crippen LogP contribution is -2.15. The lowest BCUT2D eigenvalue weighted by molar-refractivity contribution is 0.104. The number of nitrogens with zero attached hydrogens (tertiary/aromatic N) is 3. The van der Waals surface area contributed by atoms with Crippen molar-refractivity contribution in [2.24, 2.45) is 0 Å². The summed E-state index contributed by atoms with van der Waals surface area (Å²) < 4.78 is 0. The number of aryl methyl sites for hydroxylation is 1. The van der Waals surface area contributed by atoms with E-state index in [1.807, 2.05) is 51.2 Å². The Kier molecular flexibility index (Phi) is 5.33. The van der Waals surface area contributed by atoms with Gasteiger partial charge in [-0.05, 0) is 12.5 Å². The number of aromatic nitrogens is 1. The van der Waals surface area contributed by atoms with Crippen molar-refractivity contribution >= 4 is 22.3 Å². The first kappa shape index (κ1) is 16.2. The van der Waals surface area contributed by atoms with Crippen molar-refractivity contribution < 1.29 is 4.79 Å². The summed E-state index contributed by atoms with van der Waals surface area (Å²) in [6.45, 7) is 2.65. The van der Waals surface area contributed by atoms with Gasteiger partial charge in [0.1, 0.15) is 0 Å². The van der Waals surface area contributed by atoms with E-state index >= 15 is 0 Å². The minimum absolute atomic E-state index is 0.00283. The number of anilines is 1. The van der Waals surface area contributed by atoms with Crippen LogP contribution < -0.4 is 4.90 Å². The standard InChI is InChI=1S/C17H21N3OS/c1-13-16(15(21)10-11-19(2)3)22-17(18-13)20(4)12-14-8-6-5-7-9-14/h5-11H,12H2,1-4H3. The number of hydrogen-bond donors (Lipinski definition) is 0. The molecule has 0 aliphatic heterocycles. The van der Waals surface area contributed by atoms with Gasteiger partial charge in [0.25, 0.3) is 0 Å². The van der Waals surface area contributed by atoms with Gasteiger partial charge in [0.05, 0.1) is 10.6 Å². The fourth-order valence-electron chi connectivity index (χ4n) is 1.99. The van der Waals surface area contributed by atoms with Crippen molar-refractivity contribution in [3.63, 3.8) is 0 Å². The fourth-order valence-corrected chi connectivity index (χ4v) is 2.94. The van der Waals surface area contributed by atoms with Crippen LogP contribution >= 0.6 is 11.3 Å². The quantitative estimate of drug-likeness (QED) is 0.605. The number of thiazole rings is 1. The Morgan fingerprint density at radius 3 is 2.55 bits per heavy atom. The maximum atomic E-state index is 12.2. The second kappa shape index (κ2) is 7.22. The zero-order chi connectivity index (χ0) is 16.1. The molecule has 1 aromatic carbocycles. The van der Waals surface area contributed by atoms with Gasteiger partial charge >= 0.3 is 0 Å². The van der Waals surface area contributed by atoms with Gasteiger partial charge in [-0.2, -0.15) is 0 Å². The molecular formula is C17H21N3OS. The number of benzene rings is 1. The lowest BCUT2D eigenvalue weighted by Gasteiger charge is -2.15. The maximum Gasteiger partial charge on any atom is 0.199 e. The molecule has 0 aliphatic carbocycles. The van der Waals surface area contributed by atoms with Crippen molar-refractivity contribution in [3.8, 4) is 0 Å². The van der Waals surface area contributed by atoms with Crippen molar-refractivity contribution in [1.29, 1.82) is 0 Å². The Bertz CT molecular complexity index is 662. The van der Waals surface area contributed by atoms with Gasteiger partial charge in [-0.1, -0.05) is 41.7 Å². The summed E-state index contributed by atoms with van der Waals surface area (Å²) in [6, 6.07) is 10.2. The highest BCUT2D eigenvalue weighted by Gasteiger charge is 2.15. The zero-order valence-electron chi connectivity index (χ0n) is 13.4. The number of ketones is 1. The number of rotatable bonds is 6. The molecule has 0 amide bonds. The molecule has 0 atom stereocenters. The molecule has 116 valence electrons. The summed E-state index contributed by atoms with van der Waals surface area (Å²) in [6.07, 6.45) is 3.34. The number of carbonyl (C=O) groups is 1. The molecule has 0 fully saturated rings. The molecule has 0 unspecified atom stereocenters. The summed E-state index contributed by atoms with van der Waals surface area (Å²) >= 11 is 1.44. The predicted molar refractivity (Wildman–Crippen MR) is 92.6 cm³/mol. The normalized spacial score (nSPS) is 10.9. The summed E-state index contributed by atoms with van der Waals surface area (Å²) in [4.78, 5) is 21.3. The number of allylic oxidation sites excluding steroid dienone is 1. The summed E-state index contributed by atoms with van der Waals surface area (Å²) in [5.74, 6) is 0.00283. The molecule has 1 heterocycles. The molecule has 2 rings (SSSR count). The minimum Gasteiger partial charge on any atom is -0.383 e. The van der Waals surface area contributed by atoms with Crippen molar-refractivity contribution in [2.75, 3.05) is 26.0 Å². The first-order valence-corrected chi connectivity index (χ1v) is 7.90. The van der Waals surface area contributed by atoms with Crippen molar-refractivity contribution in [2.45, 2.75) is 13.5 Å². The van der Waals surface area contributed by atoms with E-state index in [0.29, 0.717) is 4.88 Å². The van der Waals surface area contributed by atoms with Gasteiger partial charge in [0.15, 0.2) is 10.9 Å². The van der Waals surface area contributed by atoms with Crippen LogP contribution in [0.25, 0.3) is 0 Å². The third-order valence-corrected chi connectivity index (χ3v) is 4.41. The highest BCUT2D eigenvalue weighted by Crippen LogP contribution is 2.27. The monoisotopic (exact) mass is 315 g/mol. The maximum absolute atomic E-state index is 12.2. The van der Waals surface area contributed by atoms with Gasteiger partial charge < -0.3 is 9.80 Å². The Balaban J connectivity index is 2.13. The lowest BCUT2D eigenvalue weighted by atomic mass is 10.2. The summed E-state index contributed by atoms with van der Waals surface area (Å²) in [7, 11) is 5.78. The van der Waals surface area contributed by atoms with Crippen LogP contribution in [0.5, 0.6) is 0 Å². The smallest absolute Gasteiger partial charge is 0.199 e. The summed E-state index contributed by atoms with van der Waals surface area (Å²) in [5, 5.41) is 0.864. The first-order chi connectivity index (χ1) is 10.5. The van der Waals surface area contributed by atoms with Gasteiger partial charge in [-0.25, -0.2) is 4.98 Å². The molecule has 5 heteroatoms. The molecule has 0 N–H and O–H groups in total. The third-order valence-electron chi connectivity index (χ3n) is 3.12. The van der Waals surface area contributed by atoms with E-state index < -0.39 is 0 Å². The molecule has 0 spiro atoms. The summed E-state index contributed by atoms with van der Waals surface area (Å²) in [5.41, 5.74) is 2.01. The molecule has 4 nitrogen and oxygen atoms in total. The van der Waals surface area contributed by atoms with E-state index in [4.69, 9.17) is 0 Å². The molecule has 0 bridgehead atoms. The third kappa shape index (κ3) is 4.18. The Labute approximate surface area is 135 Å². The van der Waals surface area contributed by atoms with Crippen LogP contribution in [0.1, 0.15) is 20.9 Å². The Hall–Kier alpha value is -2.14. The van der Waals surface area contributed by atoms with Crippen LogP contribution in [0.4, 0.5) is 5.13 Å². The predicted octanol–water partition coefficient (Wildman–Crippen LogP) is 3.35. The minimum atomic E-state index is 0.00283. The van der Waals surface area contributed by atoms with E-state index in [9.17, 15) is 4.79 Å². The van der Waals surface area contributed by atoms with Crippen LogP contribution in [0.15, 0.2) is 42.6 Å². The average molecular weight is 315 g/mol. The topological polar surface area (TPSA) is 36.4 Å². The van der Waals surface area contributed by atoms with Crippen molar-refractivity contribution in [1.82, 2.24) is 9.88 Å². The molecule has 0 aliphatic rings. The fraction of sp³-hybridized carbons (Fsp3) is 0.294. The highest BCUT2D eigenvalue weighted by atomic mass is 32.1. The van der Waals surface area contributed by atoms with E-state index in [1.54, 1.807) is 12.3 Å². The average Bonchev–Trinajstić information content (AvgIpc) is 2.88. The zero-order valence-corrected chi connectivity index (χ0v) is 14.2. The molecule has 22 heavy (non-hydrogen) atoms. The van der Waals surface area contributed by atoms with Crippen LogP contribution in [0.2, 0.25) is 0 Å². The van der Waals surface area contributed by atoms with Crippen LogP contribution in [-0.2, 0) is 6.54 Å². The van der Waals surface area contributed by atoms with Gasteiger partial charge in [0.2, 0.25) is 0 Å². The molecule has 2 aromatic rings. The molecular weight excluding hydrogens is 294 g/mol. The van der Waals surface area contributed by atoms with Crippen molar-refractivity contribution in [3.05, 3.63) is 58.7 Å². The second-order valence-corrected chi connectivity index (χ2v) is 6.37. The van der Waals surface area contributed by atoms with Gasteiger partial charge in [-0.15, -0.1) is 0 Å². The first-order valence-electron chi connectivity index (χ1n) is 7.09.